The van der Waals surface area contributed by atoms with E-state index in [1.807, 2.05) is 24.4 Å². The zero-order chi connectivity index (χ0) is 13.8. The lowest BCUT2D eigenvalue weighted by molar-refractivity contribution is 0.199. The highest BCUT2D eigenvalue weighted by Crippen LogP contribution is 2.43. The molecule has 0 atom stereocenters. The molecule has 4 nitrogen and oxygen atoms in total. The van der Waals surface area contributed by atoms with Gasteiger partial charge in [-0.2, -0.15) is 0 Å². The van der Waals surface area contributed by atoms with Crippen molar-refractivity contribution in [2.75, 3.05) is 20.3 Å². The molecule has 0 amide bonds. The van der Waals surface area contributed by atoms with E-state index in [1.54, 1.807) is 18.4 Å². The minimum absolute atomic E-state index is 0.669. The van der Waals surface area contributed by atoms with Gasteiger partial charge in [0, 0.05) is 37.2 Å². The van der Waals surface area contributed by atoms with Crippen molar-refractivity contribution < 1.29 is 4.74 Å². The van der Waals surface area contributed by atoms with Gasteiger partial charge < -0.3 is 10.1 Å². The third kappa shape index (κ3) is 3.23. The van der Waals surface area contributed by atoms with E-state index in [9.17, 15) is 0 Å². The fraction of sp³-hybridized carbons (Fsp3) is 0.467. The predicted octanol–water partition coefficient (Wildman–Crippen LogP) is 2.82. The molecule has 0 radical (unpaired) electrons. The number of hydrogen-bond acceptors (Lipinski definition) is 5. The average Bonchev–Trinajstić information content (AvgIpc) is 3.25. The van der Waals surface area contributed by atoms with Crippen molar-refractivity contribution in [3.8, 4) is 10.7 Å². The van der Waals surface area contributed by atoms with Crippen LogP contribution in [-0.2, 0) is 11.3 Å². The molecule has 1 N–H and O–H groups in total. The van der Waals surface area contributed by atoms with Crippen LogP contribution in [0.3, 0.4) is 0 Å². The van der Waals surface area contributed by atoms with E-state index in [0.717, 1.165) is 30.4 Å². The summed E-state index contributed by atoms with van der Waals surface area (Å²) in [5.41, 5.74) is 2.25. The number of hydrogen-bond donors (Lipinski definition) is 1. The molecule has 1 fully saturated rings. The molecule has 2 aromatic rings. The Bertz CT molecular complexity index is 552. The Labute approximate surface area is 123 Å². The van der Waals surface area contributed by atoms with Crippen LogP contribution in [0.25, 0.3) is 10.7 Å². The summed E-state index contributed by atoms with van der Waals surface area (Å²) in [6, 6.07) is 5.97. The summed E-state index contributed by atoms with van der Waals surface area (Å²) in [6.07, 6.45) is 4.37. The van der Waals surface area contributed by atoms with Crippen LogP contribution in [0.4, 0.5) is 0 Å². The van der Waals surface area contributed by atoms with Crippen LogP contribution in [0.5, 0.6) is 0 Å². The molecule has 1 aliphatic rings. The number of thiazole rings is 1. The van der Waals surface area contributed by atoms with E-state index < -0.39 is 0 Å². The summed E-state index contributed by atoms with van der Waals surface area (Å²) in [4.78, 5) is 10.6. The molecular weight excluding hydrogens is 270 g/mol. The second-order valence-electron chi connectivity index (χ2n) is 4.99. The Morgan fingerprint density at radius 1 is 1.40 bits per heavy atom. The number of methoxy groups -OCH3 is 1. The molecule has 0 saturated heterocycles. The molecule has 0 unspecified atom stereocenters. The number of nitrogens with zero attached hydrogens (tertiary/aromatic N) is 2. The number of aromatic nitrogens is 2. The summed E-state index contributed by atoms with van der Waals surface area (Å²) in [7, 11) is 1.73. The number of ether oxygens (including phenoxy) is 1. The molecule has 0 bridgehead atoms. The molecule has 0 aromatic carbocycles. The van der Waals surface area contributed by atoms with Crippen molar-refractivity contribution in [2.45, 2.75) is 25.3 Å². The first-order valence-corrected chi connectivity index (χ1v) is 7.81. The van der Waals surface area contributed by atoms with Crippen molar-refractivity contribution in [1.82, 2.24) is 15.3 Å². The molecular formula is C15H19N3OS. The maximum atomic E-state index is 5.06. The van der Waals surface area contributed by atoms with Gasteiger partial charge in [-0.1, -0.05) is 6.07 Å². The van der Waals surface area contributed by atoms with E-state index in [4.69, 9.17) is 9.72 Å². The van der Waals surface area contributed by atoms with Crippen molar-refractivity contribution >= 4 is 11.3 Å². The largest absolute Gasteiger partial charge is 0.383 e. The van der Waals surface area contributed by atoms with Gasteiger partial charge in [0.25, 0.3) is 0 Å². The van der Waals surface area contributed by atoms with Crippen LogP contribution in [-0.4, -0.2) is 30.2 Å². The van der Waals surface area contributed by atoms with E-state index in [0.29, 0.717) is 5.92 Å². The van der Waals surface area contributed by atoms with Gasteiger partial charge in [0.05, 0.1) is 18.0 Å². The van der Waals surface area contributed by atoms with Crippen LogP contribution < -0.4 is 5.32 Å². The van der Waals surface area contributed by atoms with Gasteiger partial charge in [0.2, 0.25) is 0 Å². The summed E-state index contributed by atoms with van der Waals surface area (Å²) in [5.74, 6) is 0.669. The minimum atomic E-state index is 0.669. The SMILES string of the molecule is COCCNCc1sc(-c2ccccn2)nc1C1CC1. The van der Waals surface area contributed by atoms with E-state index >= 15 is 0 Å². The van der Waals surface area contributed by atoms with Crippen molar-refractivity contribution in [3.63, 3.8) is 0 Å². The Balaban J connectivity index is 1.76. The second kappa shape index (κ2) is 6.43. The van der Waals surface area contributed by atoms with Crippen molar-refractivity contribution in [2.24, 2.45) is 0 Å². The molecule has 106 valence electrons. The van der Waals surface area contributed by atoms with Crippen LogP contribution >= 0.6 is 11.3 Å². The second-order valence-corrected chi connectivity index (χ2v) is 6.07. The normalized spacial score (nSPS) is 14.7. The lowest BCUT2D eigenvalue weighted by Gasteiger charge is -2.03. The highest BCUT2D eigenvalue weighted by atomic mass is 32.1. The maximum absolute atomic E-state index is 5.06. The molecule has 20 heavy (non-hydrogen) atoms. The molecule has 5 heteroatoms. The van der Waals surface area contributed by atoms with Crippen molar-refractivity contribution in [3.05, 3.63) is 35.0 Å². The number of nitrogens with one attached hydrogen (secondary N) is 1. The fourth-order valence-corrected chi connectivity index (χ4v) is 3.23. The summed E-state index contributed by atoms with van der Waals surface area (Å²) in [5, 5.41) is 4.45. The summed E-state index contributed by atoms with van der Waals surface area (Å²) < 4.78 is 5.06. The van der Waals surface area contributed by atoms with Crippen LogP contribution in [0.15, 0.2) is 24.4 Å². The molecule has 2 heterocycles. The molecule has 1 aliphatic carbocycles. The van der Waals surface area contributed by atoms with Crippen LogP contribution in [0, 0.1) is 0 Å². The lowest BCUT2D eigenvalue weighted by atomic mass is 10.2. The third-order valence-electron chi connectivity index (χ3n) is 3.34. The van der Waals surface area contributed by atoms with Crippen LogP contribution in [0.1, 0.15) is 29.3 Å². The number of pyridine rings is 1. The lowest BCUT2D eigenvalue weighted by Crippen LogP contribution is -2.18. The highest BCUT2D eigenvalue weighted by Gasteiger charge is 2.29. The van der Waals surface area contributed by atoms with Gasteiger partial charge in [-0.25, -0.2) is 4.98 Å². The van der Waals surface area contributed by atoms with E-state index in [-0.39, 0.29) is 0 Å². The Hall–Kier alpha value is -1.30. The third-order valence-corrected chi connectivity index (χ3v) is 4.44. The van der Waals surface area contributed by atoms with Gasteiger partial charge in [0.1, 0.15) is 5.01 Å². The molecule has 2 aromatic heterocycles. The van der Waals surface area contributed by atoms with E-state index in [2.05, 4.69) is 10.3 Å². The van der Waals surface area contributed by atoms with Gasteiger partial charge in [-0.05, 0) is 25.0 Å². The molecule has 0 aliphatic heterocycles. The quantitative estimate of drug-likeness (QED) is 0.796. The Morgan fingerprint density at radius 2 is 2.30 bits per heavy atom. The van der Waals surface area contributed by atoms with Gasteiger partial charge in [-0.15, -0.1) is 11.3 Å². The minimum Gasteiger partial charge on any atom is -0.383 e. The van der Waals surface area contributed by atoms with Gasteiger partial charge in [0.15, 0.2) is 0 Å². The maximum Gasteiger partial charge on any atom is 0.142 e. The van der Waals surface area contributed by atoms with Crippen molar-refractivity contribution in [1.29, 1.82) is 0 Å². The topological polar surface area (TPSA) is 47.0 Å². The Kier molecular flexibility index (Phi) is 4.40. The van der Waals surface area contributed by atoms with Gasteiger partial charge >= 0.3 is 0 Å². The van der Waals surface area contributed by atoms with E-state index in [1.165, 1.54) is 23.4 Å². The average molecular weight is 289 g/mol. The zero-order valence-electron chi connectivity index (χ0n) is 11.6. The molecule has 0 spiro atoms. The van der Waals surface area contributed by atoms with Gasteiger partial charge in [-0.3, -0.25) is 4.98 Å². The first-order chi connectivity index (χ1) is 9.88. The zero-order valence-corrected chi connectivity index (χ0v) is 12.4. The summed E-state index contributed by atoms with van der Waals surface area (Å²) >= 11 is 1.76. The standard InChI is InChI=1S/C15H19N3OS/c1-19-9-8-16-10-13-14(11-5-6-11)18-15(20-13)12-4-2-3-7-17-12/h2-4,7,11,16H,5-6,8-10H2,1H3. The summed E-state index contributed by atoms with van der Waals surface area (Å²) in [6.45, 7) is 2.49. The number of rotatable bonds is 7. The monoisotopic (exact) mass is 289 g/mol. The predicted molar refractivity (Wildman–Crippen MR) is 80.9 cm³/mol. The Morgan fingerprint density at radius 3 is 3.00 bits per heavy atom. The van der Waals surface area contributed by atoms with Crippen LogP contribution in [0.2, 0.25) is 0 Å². The smallest absolute Gasteiger partial charge is 0.142 e. The highest BCUT2D eigenvalue weighted by molar-refractivity contribution is 7.15. The molecule has 3 rings (SSSR count). The fourth-order valence-electron chi connectivity index (χ4n) is 2.14. The molecule has 1 saturated carbocycles. The first kappa shape index (κ1) is 13.7. The first-order valence-electron chi connectivity index (χ1n) is 6.99.